The van der Waals surface area contributed by atoms with Gasteiger partial charge in [0.05, 0.1) is 18.4 Å². The molecule has 2 heterocycles. The molecule has 1 saturated heterocycles. The second-order valence-electron chi connectivity index (χ2n) is 5.49. The van der Waals surface area contributed by atoms with Gasteiger partial charge in [-0.25, -0.2) is 0 Å². The lowest BCUT2D eigenvalue weighted by atomic mass is 9.74. The van der Waals surface area contributed by atoms with E-state index >= 15 is 0 Å². The monoisotopic (exact) mass is 273 g/mol. The van der Waals surface area contributed by atoms with Gasteiger partial charge >= 0.3 is 0 Å². The number of hydrogen-bond acceptors (Lipinski definition) is 4. The molecule has 4 nitrogen and oxygen atoms in total. The summed E-state index contributed by atoms with van der Waals surface area (Å²) in [5, 5.41) is 8.71. The highest BCUT2D eigenvalue weighted by atomic mass is 16.5. The van der Waals surface area contributed by atoms with Gasteiger partial charge in [0.1, 0.15) is 18.5 Å². The number of hydrogen-bond donors (Lipinski definition) is 1. The van der Waals surface area contributed by atoms with Crippen molar-refractivity contribution in [3.63, 3.8) is 0 Å². The van der Waals surface area contributed by atoms with Crippen LogP contribution in [0.25, 0.3) is 0 Å². The van der Waals surface area contributed by atoms with Crippen LogP contribution in [0.3, 0.4) is 0 Å². The Hall–Kier alpha value is -1.57. The normalized spacial score (nSPS) is 23.6. The van der Waals surface area contributed by atoms with Crippen LogP contribution in [0.15, 0.2) is 18.5 Å². The van der Waals surface area contributed by atoms with Crippen molar-refractivity contribution < 1.29 is 14.6 Å². The molecular formula is C16H19NO3. The van der Waals surface area contributed by atoms with Crippen molar-refractivity contribution in [2.45, 2.75) is 43.8 Å². The fraction of sp³-hybridized carbons (Fsp3) is 0.562. The fourth-order valence-corrected chi connectivity index (χ4v) is 2.89. The largest absolute Gasteiger partial charge is 0.489 e. The van der Waals surface area contributed by atoms with Gasteiger partial charge in [0.25, 0.3) is 0 Å². The van der Waals surface area contributed by atoms with Crippen molar-refractivity contribution in [1.82, 2.24) is 4.98 Å². The molecule has 1 aromatic heterocycles. The Morgan fingerprint density at radius 2 is 2.35 bits per heavy atom. The Labute approximate surface area is 119 Å². The van der Waals surface area contributed by atoms with E-state index in [1.165, 1.54) is 6.42 Å². The molecule has 1 aliphatic heterocycles. The molecule has 1 atom stereocenters. The molecule has 0 radical (unpaired) electrons. The Morgan fingerprint density at radius 3 is 3.10 bits per heavy atom. The number of nitrogens with zero attached hydrogens (tertiary/aromatic N) is 1. The first kappa shape index (κ1) is 13.4. The third-order valence-electron chi connectivity index (χ3n) is 4.04. The van der Waals surface area contributed by atoms with E-state index in [0.717, 1.165) is 43.6 Å². The minimum Gasteiger partial charge on any atom is -0.489 e. The number of aliphatic hydroxyl groups is 1. The Morgan fingerprint density at radius 1 is 1.45 bits per heavy atom. The van der Waals surface area contributed by atoms with E-state index < -0.39 is 0 Å². The van der Waals surface area contributed by atoms with Crippen LogP contribution >= 0.6 is 0 Å². The maximum atomic E-state index is 8.71. The van der Waals surface area contributed by atoms with Crippen molar-refractivity contribution in [3.8, 4) is 17.6 Å². The van der Waals surface area contributed by atoms with Crippen LogP contribution < -0.4 is 4.74 Å². The summed E-state index contributed by atoms with van der Waals surface area (Å²) >= 11 is 0. The minimum absolute atomic E-state index is 0.0879. The zero-order chi connectivity index (χ0) is 13.8. The van der Waals surface area contributed by atoms with Gasteiger partial charge in [0, 0.05) is 24.6 Å². The second kappa shape index (κ2) is 5.82. The van der Waals surface area contributed by atoms with Crippen molar-refractivity contribution >= 4 is 0 Å². The summed E-state index contributed by atoms with van der Waals surface area (Å²) in [6, 6.07) is 1.87. The van der Waals surface area contributed by atoms with E-state index in [1.807, 2.05) is 6.07 Å². The van der Waals surface area contributed by atoms with Crippen LogP contribution in [0.4, 0.5) is 0 Å². The summed E-state index contributed by atoms with van der Waals surface area (Å²) in [6.45, 7) is 0.635. The molecule has 1 aromatic rings. The lowest BCUT2D eigenvalue weighted by molar-refractivity contribution is -0.153. The number of ether oxygens (including phenoxy) is 2. The van der Waals surface area contributed by atoms with Crippen molar-refractivity contribution in [3.05, 3.63) is 24.0 Å². The van der Waals surface area contributed by atoms with Gasteiger partial charge in [-0.15, -0.1) is 0 Å². The minimum atomic E-state index is -0.145. The van der Waals surface area contributed by atoms with E-state index in [-0.39, 0.29) is 18.3 Å². The van der Waals surface area contributed by atoms with Crippen molar-refractivity contribution in [2.75, 3.05) is 13.2 Å². The van der Waals surface area contributed by atoms with E-state index in [1.54, 1.807) is 12.4 Å². The lowest BCUT2D eigenvalue weighted by Gasteiger charge is -2.46. The molecule has 0 aromatic carbocycles. The van der Waals surface area contributed by atoms with Gasteiger partial charge in [-0.1, -0.05) is 11.8 Å². The predicted octanol–water partition coefficient (Wildman–Crippen LogP) is 1.91. The Balaban J connectivity index is 1.65. The van der Waals surface area contributed by atoms with Crippen LogP contribution in [-0.4, -0.2) is 35.0 Å². The smallest absolute Gasteiger partial charge is 0.139 e. The Bertz CT molecular complexity index is 528. The van der Waals surface area contributed by atoms with Crippen LogP contribution in [0.1, 0.15) is 37.7 Å². The van der Waals surface area contributed by atoms with Gasteiger partial charge < -0.3 is 14.6 Å². The van der Waals surface area contributed by atoms with Crippen LogP contribution in [0.5, 0.6) is 5.75 Å². The van der Waals surface area contributed by atoms with Crippen molar-refractivity contribution in [2.24, 2.45) is 0 Å². The molecule has 0 bridgehead atoms. The standard InChI is InChI=1S/C16H19NO3/c18-7-1-3-13-9-15(12-17-11-13)20-14-4-8-19-16(10-14)5-2-6-16/h9,11-12,14,18H,2,4-8,10H2. The first-order valence-electron chi connectivity index (χ1n) is 7.15. The number of pyridine rings is 1. The van der Waals surface area contributed by atoms with E-state index in [9.17, 15) is 0 Å². The van der Waals surface area contributed by atoms with Gasteiger partial charge in [0.15, 0.2) is 0 Å². The van der Waals surface area contributed by atoms with Gasteiger partial charge in [-0.2, -0.15) is 0 Å². The van der Waals surface area contributed by atoms with E-state index in [4.69, 9.17) is 14.6 Å². The molecule has 20 heavy (non-hydrogen) atoms. The van der Waals surface area contributed by atoms with E-state index in [2.05, 4.69) is 16.8 Å². The summed E-state index contributed by atoms with van der Waals surface area (Å²) in [4.78, 5) is 4.13. The summed E-state index contributed by atoms with van der Waals surface area (Å²) in [7, 11) is 0. The van der Waals surface area contributed by atoms with Crippen LogP contribution in [0.2, 0.25) is 0 Å². The average Bonchev–Trinajstić information content (AvgIpc) is 2.44. The average molecular weight is 273 g/mol. The number of aromatic nitrogens is 1. The van der Waals surface area contributed by atoms with Gasteiger partial charge in [-0.3, -0.25) is 4.98 Å². The topological polar surface area (TPSA) is 51.6 Å². The molecule has 0 amide bonds. The zero-order valence-corrected chi connectivity index (χ0v) is 11.5. The third kappa shape index (κ3) is 2.95. The maximum absolute atomic E-state index is 8.71. The molecule has 2 fully saturated rings. The second-order valence-corrected chi connectivity index (χ2v) is 5.49. The molecule has 106 valence electrons. The van der Waals surface area contributed by atoms with Crippen molar-refractivity contribution in [1.29, 1.82) is 0 Å². The summed E-state index contributed by atoms with van der Waals surface area (Å²) in [5.74, 6) is 6.21. The molecule has 3 rings (SSSR count). The third-order valence-corrected chi connectivity index (χ3v) is 4.04. The molecule has 4 heteroatoms. The molecule has 1 N–H and O–H groups in total. The summed E-state index contributed by atoms with van der Waals surface area (Å²) in [5.41, 5.74) is 0.854. The molecule has 1 unspecified atom stereocenters. The highest BCUT2D eigenvalue weighted by Crippen LogP contribution is 2.43. The summed E-state index contributed by atoms with van der Waals surface area (Å²) < 4.78 is 11.9. The highest BCUT2D eigenvalue weighted by molar-refractivity contribution is 5.36. The van der Waals surface area contributed by atoms with Crippen LogP contribution in [-0.2, 0) is 4.74 Å². The molecule has 1 saturated carbocycles. The molecule has 1 aliphatic carbocycles. The first-order chi connectivity index (χ1) is 9.80. The predicted molar refractivity (Wildman–Crippen MR) is 74.4 cm³/mol. The Kier molecular flexibility index (Phi) is 3.90. The zero-order valence-electron chi connectivity index (χ0n) is 11.5. The molecule has 1 spiro atoms. The number of rotatable bonds is 2. The molecule has 2 aliphatic rings. The van der Waals surface area contributed by atoms with Gasteiger partial charge in [-0.05, 0) is 25.3 Å². The van der Waals surface area contributed by atoms with E-state index in [0.29, 0.717) is 0 Å². The lowest BCUT2D eigenvalue weighted by Crippen LogP contribution is -2.48. The summed E-state index contributed by atoms with van der Waals surface area (Å²) in [6.07, 6.45) is 9.07. The molecular weight excluding hydrogens is 254 g/mol. The fourth-order valence-electron chi connectivity index (χ4n) is 2.89. The van der Waals surface area contributed by atoms with Gasteiger partial charge in [0.2, 0.25) is 0 Å². The highest BCUT2D eigenvalue weighted by Gasteiger charge is 2.43. The quantitative estimate of drug-likeness (QED) is 0.836. The van der Waals surface area contributed by atoms with Crippen LogP contribution in [0, 0.1) is 11.8 Å². The maximum Gasteiger partial charge on any atom is 0.139 e. The number of aliphatic hydroxyl groups excluding tert-OH is 1. The SMILES string of the molecule is OCC#Cc1cncc(OC2CCOC3(CCC3)C2)c1. The first-order valence-corrected chi connectivity index (χ1v) is 7.15.